The van der Waals surface area contributed by atoms with Crippen LogP contribution in [0.2, 0.25) is 5.02 Å². The SMILES string of the molecule is CC(C(=O)NCc1ccco1)N(Cc1ccc(Cl)cc1)C(=O)COc1ccc(S(=O)(=O)Nc2ccc(F)cc2)cc1. The minimum absolute atomic E-state index is 0.0493. The first-order valence-corrected chi connectivity index (χ1v) is 14.3. The summed E-state index contributed by atoms with van der Waals surface area (Å²) in [5, 5.41) is 3.30. The normalized spacial score (nSPS) is 11.9. The second-order valence-corrected chi connectivity index (χ2v) is 11.1. The molecule has 0 aliphatic rings. The first-order chi connectivity index (χ1) is 19.6. The fourth-order valence-corrected chi connectivity index (χ4v) is 4.96. The lowest BCUT2D eigenvalue weighted by molar-refractivity contribution is -0.142. The Morgan fingerprint density at radius 3 is 2.32 bits per heavy atom. The maximum absolute atomic E-state index is 13.3. The number of benzene rings is 3. The lowest BCUT2D eigenvalue weighted by Crippen LogP contribution is -2.48. The van der Waals surface area contributed by atoms with Gasteiger partial charge in [-0.05, 0) is 85.3 Å². The van der Waals surface area contributed by atoms with Gasteiger partial charge in [0.15, 0.2) is 6.61 Å². The highest BCUT2D eigenvalue weighted by Crippen LogP contribution is 2.20. The molecule has 4 aromatic rings. The molecule has 4 rings (SSSR count). The molecule has 0 saturated heterocycles. The van der Waals surface area contributed by atoms with Crippen molar-refractivity contribution in [3.8, 4) is 5.75 Å². The van der Waals surface area contributed by atoms with Gasteiger partial charge in [0, 0.05) is 17.3 Å². The lowest BCUT2D eigenvalue weighted by Gasteiger charge is -2.28. The molecule has 9 nitrogen and oxygen atoms in total. The van der Waals surface area contributed by atoms with Crippen LogP contribution in [0, 0.1) is 5.82 Å². The van der Waals surface area contributed by atoms with Gasteiger partial charge in [0.05, 0.1) is 17.7 Å². The molecule has 214 valence electrons. The van der Waals surface area contributed by atoms with E-state index < -0.39 is 34.4 Å². The molecule has 3 aromatic carbocycles. The summed E-state index contributed by atoms with van der Waals surface area (Å²) in [5.41, 5.74) is 0.970. The number of amides is 2. The molecule has 0 radical (unpaired) electrons. The van der Waals surface area contributed by atoms with Crippen LogP contribution in [0.4, 0.5) is 10.1 Å². The van der Waals surface area contributed by atoms with Gasteiger partial charge in [-0.3, -0.25) is 14.3 Å². The number of nitrogens with one attached hydrogen (secondary N) is 2. The number of ether oxygens (including phenoxy) is 1. The maximum atomic E-state index is 13.3. The first-order valence-electron chi connectivity index (χ1n) is 12.5. The summed E-state index contributed by atoms with van der Waals surface area (Å²) in [4.78, 5) is 27.5. The lowest BCUT2D eigenvalue weighted by atomic mass is 10.1. The number of furan rings is 1. The molecule has 1 atom stereocenters. The molecule has 0 spiro atoms. The third-order valence-electron chi connectivity index (χ3n) is 6.04. The first kappa shape index (κ1) is 29.6. The predicted octanol–water partition coefficient (Wildman–Crippen LogP) is 4.99. The molecule has 12 heteroatoms. The fraction of sp³-hybridized carbons (Fsp3) is 0.172. The van der Waals surface area contributed by atoms with Crippen molar-refractivity contribution in [3.63, 3.8) is 0 Å². The fourth-order valence-electron chi connectivity index (χ4n) is 3.78. The topological polar surface area (TPSA) is 118 Å². The molecule has 2 N–H and O–H groups in total. The second kappa shape index (κ2) is 13.3. The van der Waals surface area contributed by atoms with E-state index in [-0.39, 0.29) is 35.3 Å². The van der Waals surface area contributed by atoms with Crippen LogP contribution in [0.3, 0.4) is 0 Å². The highest BCUT2D eigenvalue weighted by atomic mass is 35.5. The second-order valence-electron chi connectivity index (χ2n) is 8.99. The molecule has 0 fully saturated rings. The molecular weight excluding hydrogens is 573 g/mol. The number of carbonyl (C=O) groups is 2. The Morgan fingerprint density at radius 2 is 1.68 bits per heavy atom. The van der Waals surface area contributed by atoms with Crippen molar-refractivity contribution < 1.29 is 31.6 Å². The number of hydrogen-bond donors (Lipinski definition) is 2. The summed E-state index contributed by atoms with van der Waals surface area (Å²) in [6.07, 6.45) is 1.50. The van der Waals surface area contributed by atoms with Crippen LogP contribution in [0.15, 0.2) is 101 Å². The summed E-state index contributed by atoms with van der Waals surface area (Å²) in [6, 6.07) is 19.9. The standard InChI is InChI=1S/C29H27ClFN3O6S/c1-20(29(36)32-17-26-3-2-16-39-26)34(18-21-4-6-22(30)7-5-21)28(35)19-40-25-12-14-27(15-13-25)41(37,38)33-24-10-8-23(31)9-11-24/h2-16,20,33H,17-19H2,1H3,(H,32,36). The zero-order valence-corrected chi connectivity index (χ0v) is 23.5. The van der Waals surface area contributed by atoms with Gasteiger partial charge in [-0.1, -0.05) is 23.7 Å². The highest BCUT2D eigenvalue weighted by Gasteiger charge is 2.27. The van der Waals surface area contributed by atoms with E-state index in [4.69, 9.17) is 20.8 Å². The number of rotatable bonds is 12. The Bertz CT molecular complexity index is 1560. The quantitative estimate of drug-likeness (QED) is 0.237. The molecular formula is C29H27ClFN3O6S. The molecule has 0 aliphatic carbocycles. The van der Waals surface area contributed by atoms with E-state index in [2.05, 4.69) is 10.0 Å². The molecule has 2 amide bonds. The van der Waals surface area contributed by atoms with Crippen LogP contribution in [0.25, 0.3) is 0 Å². The van der Waals surface area contributed by atoms with Gasteiger partial charge in [-0.15, -0.1) is 0 Å². The van der Waals surface area contributed by atoms with Crippen LogP contribution in [-0.4, -0.2) is 37.8 Å². The van der Waals surface area contributed by atoms with Crippen molar-refractivity contribution in [2.75, 3.05) is 11.3 Å². The van der Waals surface area contributed by atoms with E-state index in [1.807, 2.05) is 0 Å². The summed E-state index contributed by atoms with van der Waals surface area (Å²) in [6.45, 7) is 1.50. The van der Waals surface area contributed by atoms with Crippen LogP contribution in [0.5, 0.6) is 5.75 Å². The molecule has 1 heterocycles. The van der Waals surface area contributed by atoms with Crippen molar-refractivity contribution >= 4 is 39.1 Å². The Hall–Kier alpha value is -4.35. The van der Waals surface area contributed by atoms with E-state index in [1.165, 1.54) is 47.6 Å². The van der Waals surface area contributed by atoms with E-state index in [0.29, 0.717) is 10.8 Å². The van der Waals surface area contributed by atoms with Crippen molar-refractivity contribution in [2.45, 2.75) is 31.0 Å². The van der Waals surface area contributed by atoms with Gasteiger partial charge in [-0.2, -0.15) is 0 Å². The van der Waals surface area contributed by atoms with Gasteiger partial charge >= 0.3 is 0 Å². The average Bonchev–Trinajstić information content (AvgIpc) is 3.49. The Kier molecular flexibility index (Phi) is 9.64. The van der Waals surface area contributed by atoms with Gasteiger partial charge < -0.3 is 19.4 Å². The van der Waals surface area contributed by atoms with E-state index in [1.54, 1.807) is 43.3 Å². The van der Waals surface area contributed by atoms with Crippen LogP contribution in [0.1, 0.15) is 18.2 Å². The maximum Gasteiger partial charge on any atom is 0.261 e. The largest absolute Gasteiger partial charge is 0.484 e. The molecule has 1 aromatic heterocycles. The predicted molar refractivity (Wildman–Crippen MR) is 151 cm³/mol. The van der Waals surface area contributed by atoms with Crippen LogP contribution >= 0.6 is 11.6 Å². The minimum atomic E-state index is -3.93. The van der Waals surface area contributed by atoms with Crippen molar-refractivity contribution in [2.24, 2.45) is 0 Å². The summed E-state index contributed by atoms with van der Waals surface area (Å²) in [5.74, 6) is -0.509. The number of carbonyl (C=O) groups excluding carboxylic acids is 2. The van der Waals surface area contributed by atoms with Gasteiger partial charge in [-0.25, -0.2) is 12.8 Å². The molecule has 41 heavy (non-hydrogen) atoms. The highest BCUT2D eigenvalue weighted by molar-refractivity contribution is 7.92. The van der Waals surface area contributed by atoms with Gasteiger partial charge in [0.2, 0.25) is 5.91 Å². The van der Waals surface area contributed by atoms with Gasteiger partial charge in [0.1, 0.15) is 23.4 Å². The van der Waals surface area contributed by atoms with Crippen LogP contribution < -0.4 is 14.8 Å². The molecule has 0 saturated carbocycles. The molecule has 0 bridgehead atoms. The number of nitrogens with zero attached hydrogens (tertiary/aromatic N) is 1. The Balaban J connectivity index is 1.41. The van der Waals surface area contributed by atoms with Crippen molar-refractivity contribution in [1.82, 2.24) is 10.2 Å². The number of anilines is 1. The summed E-state index contributed by atoms with van der Waals surface area (Å²) < 4.78 is 51.7. The molecule has 0 aliphatic heterocycles. The molecule has 1 unspecified atom stereocenters. The Morgan fingerprint density at radius 1 is 1.00 bits per heavy atom. The monoisotopic (exact) mass is 599 g/mol. The van der Waals surface area contributed by atoms with Gasteiger partial charge in [0.25, 0.3) is 15.9 Å². The third kappa shape index (κ3) is 8.32. The number of sulfonamides is 1. The van der Waals surface area contributed by atoms with E-state index in [0.717, 1.165) is 17.7 Å². The smallest absolute Gasteiger partial charge is 0.261 e. The van der Waals surface area contributed by atoms with Crippen molar-refractivity contribution in [1.29, 1.82) is 0 Å². The Labute approximate surface area is 241 Å². The number of hydrogen-bond acceptors (Lipinski definition) is 6. The third-order valence-corrected chi connectivity index (χ3v) is 7.69. The van der Waals surface area contributed by atoms with E-state index in [9.17, 15) is 22.4 Å². The van der Waals surface area contributed by atoms with Crippen LogP contribution in [-0.2, 0) is 32.7 Å². The van der Waals surface area contributed by atoms with Crippen molar-refractivity contribution in [3.05, 3.63) is 113 Å². The summed E-state index contributed by atoms with van der Waals surface area (Å²) in [7, 11) is -3.93. The number of halogens is 2. The zero-order chi connectivity index (χ0) is 29.4. The summed E-state index contributed by atoms with van der Waals surface area (Å²) >= 11 is 5.99. The van der Waals surface area contributed by atoms with E-state index >= 15 is 0 Å². The minimum Gasteiger partial charge on any atom is -0.484 e. The zero-order valence-electron chi connectivity index (χ0n) is 21.9. The average molecular weight is 600 g/mol.